The van der Waals surface area contributed by atoms with E-state index < -0.39 is 17.6 Å². The Kier molecular flexibility index (Phi) is 3.89. The minimum atomic E-state index is -4.54. The Bertz CT molecular complexity index is 516. The van der Waals surface area contributed by atoms with E-state index in [1.807, 2.05) is 4.90 Å². The number of hydrogen-bond donors (Lipinski definition) is 3. The number of nitrogens with two attached hydrogens (primary N) is 1. The largest absolute Gasteiger partial charge is 0.417 e. The van der Waals surface area contributed by atoms with Gasteiger partial charge in [-0.15, -0.1) is 0 Å². The van der Waals surface area contributed by atoms with Crippen LogP contribution in [0.2, 0.25) is 0 Å². The van der Waals surface area contributed by atoms with Crippen LogP contribution in [0.15, 0.2) is 18.2 Å². The monoisotopic (exact) mass is 287 g/mol. The second-order valence-electron chi connectivity index (χ2n) is 4.81. The number of anilines is 1. The molecule has 2 rings (SSSR count). The van der Waals surface area contributed by atoms with Crippen LogP contribution in [0.4, 0.5) is 18.9 Å². The van der Waals surface area contributed by atoms with Crippen LogP contribution in [0.1, 0.15) is 24.0 Å². The van der Waals surface area contributed by atoms with Gasteiger partial charge < -0.3 is 15.7 Å². The maximum Gasteiger partial charge on any atom is 0.417 e. The number of aliphatic hydroxyl groups excluding tert-OH is 1. The third-order valence-electron chi connectivity index (χ3n) is 3.52. The molecule has 4 N–H and O–H groups in total. The minimum Gasteiger partial charge on any atom is -0.394 e. The number of nitrogens with zero attached hydrogens (tertiary/aromatic N) is 1. The van der Waals surface area contributed by atoms with E-state index in [-0.39, 0.29) is 18.2 Å². The van der Waals surface area contributed by atoms with Gasteiger partial charge in [-0.2, -0.15) is 13.2 Å². The predicted octanol–water partition coefficient (Wildman–Crippen LogP) is 1.95. The fourth-order valence-corrected chi connectivity index (χ4v) is 2.55. The summed E-state index contributed by atoms with van der Waals surface area (Å²) in [6, 6.07) is 3.49. The summed E-state index contributed by atoms with van der Waals surface area (Å²) < 4.78 is 38.6. The molecule has 1 heterocycles. The van der Waals surface area contributed by atoms with Crippen LogP contribution >= 0.6 is 0 Å². The molecule has 0 amide bonds. The first-order valence-electron chi connectivity index (χ1n) is 6.27. The third kappa shape index (κ3) is 2.72. The van der Waals surface area contributed by atoms with Crippen molar-refractivity contribution < 1.29 is 18.3 Å². The SMILES string of the molecule is N=C(N)c1cc(N2CCCC2CO)ccc1C(F)(F)F. The summed E-state index contributed by atoms with van der Waals surface area (Å²) in [6.07, 6.45) is -2.87. The Labute approximate surface area is 114 Å². The smallest absolute Gasteiger partial charge is 0.394 e. The molecule has 20 heavy (non-hydrogen) atoms. The molecule has 1 saturated heterocycles. The van der Waals surface area contributed by atoms with Gasteiger partial charge in [0.2, 0.25) is 0 Å². The van der Waals surface area contributed by atoms with E-state index in [1.54, 1.807) is 0 Å². The van der Waals surface area contributed by atoms with Crippen molar-refractivity contribution >= 4 is 11.5 Å². The number of halogens is 3. The Morgan fingerprint density at radius 2 is 2.15 bits per heavy atom. The van der Waals surface area contributed by atoms with Gasteiger partial charge in [0.25, 0.3) is 0 Å². The molecular weight excluding hydrogens is 271 g/mol. The molecule has 1 aromatic rings. The number of benzene rings is 1. The van der Waals surface area contributed by atoms with E-state index in [0.717, 1.165) is 18.9 Å². The van der Waals surface area contributed by atoms with E-state index in [9.17, 15) is 18.3 Å². The summed E-state index contributed by atoms with van der Waals surface area (Å²) in [5.41, 5.74) is 4.59. The Morgan fingerprint density at radius 1 is 1.45 bits per heavy atom. The van der Waals surface area contributed by atoms with Gasteiger partial charge in [-0.05, 0) is 31.0 Å². The predicted molar refractivity (Wildman–Crippen MR) is 69.9 cm³/mol. The summed E-state index contributed by atoms with van der Waals surface area (Å²) in [7, 11) is 0. The topological polar surface area (TPSA) is 73.3 Å². The second-order valence-corrected chi connectivity index (χ2v) is 4.81. The van der Waals surface area contributed by atoms with Gasteiger partial charge >= 0.3 is 6.18 Å². The Hall–Kier alpha value is -1.76. The van der Waals surface area contributed by atoms with Crippen molar-refractivity contribution in [2.75, 3.05) is 18.1 Å². The van der Waals surface area contributed by atoms with E-state index in [1.165, 1.54) is 12.1 Å². The van der Waals surface area contributed by atoms with Gasteiger partial charge in [-0.1, -0.05) is 0 Å². The number of hydrogen-bond acceptors (Lipinski definition) is 3. The third-order valence-corrected chi connectivity index (χ3v) is 3.52. The van der Waals surface area contributed by atoms with Crippen LogP contribution in [-0.2, 0) is 6.18 Å². The lowest BCUT2D eigenvalue weighted by molar-refractivity contribution is -0.137. The molecular formula is C13H16F3N3O. The van der Waals surface area contributed by atoms with Crippen LogP contribution in [0, 0.1) is 5.41 Å². The molecule has 7 heteroatoms. The number of rotatable bonds is 3. The van der Waals surface area contributed by atoms with E-state index in [4.69, 9.17) is 11.1 Å². The minimum absolute atomic E-state index is 0.0452. The van der Waals surface area contributed by atoms with Crippen LogP contribution in [0.3, 0.4) is 0 Å². The molecule has 1 atom stereocenters. The highest BCUT2D eigenvalue weighted by Crippen LogP contribution is 2.35. The lowest BCUT2D eigenvalue weighted by atomic mass is 10.0. The first kappa shape index (κ1) is 14.6. The van der Waals surface area contributed by atoms with Crippen molar-refractivity contribution in [2.24, 2.45) is 5.73 Å². The molecule has 4 nitrogen and oxygen atoms in total. The van der Waals surface area contributed by atoms with Crippen molar-refractivity contribution in [1.29, 1.82) is 5.41 Å². The summed E-state index contributed by atoms with van der Waals surface area (Å²) in [5, 5.41) is 16.6. The lowest BCUT2D eigenvalue weighted by Crippen LogP contribution is -2.32. The molecule has 0 bridgehead atoms. The first-order valence-corrected chi connectivity index (χ1v) is 6.27. The quantitative estimate of drug-likeness (QED) is 0.587. The van der Waals surface area contributed by atoms with Crippen LogP contribution in [0.25, 0.3) is 0 Å². The average Bonchev–Trinajstić information content (AvgIpc) is 2.85. The van der Waals surface area contributed by atoms with Gasteiger partial charge in [-0.25, -0.2) is 0 Å². The Balaban J connectivity index is 2.43. The van der Waals surface area contributed by atoms with E-state index in [0.29, 0.717) is 12.2 Å². The number of alkyl halides is 3. The summed E-state index contributed by atoms with van der Waals surface area (Å²) in [5.74, 6) is -0.612. The maximum atomic E-state index is 12.9. The van der Waals surface area contributed by atoms with Crippen molar-refractivity contribution in [2.45, 2.75) is 25.1 Å². The molecule has 0 radical (unpaired) electrons. The molecule has 0 aliphatic carbocycles. The van der Waals surface area contributed by atoms with Crippen molar-refractivity contribution in [3.8, 4) is 0 Å². The summed E-state index contributed by atoms with van der Waals surface area (Å²) >= 11 is 0. The lowest BCUT2D eigenvalue weighted by Gasteiger charge is -2.26. The highest BCUT2D eigenvalue weighted by Gasteiger charge is 2.35. The van der Waals surface area contributed by atoms with Crippen LogP contribution < -0.4 is 10.6 Å². The summed E-state index contributed by atoms with van der Waals surface area (Å²) in [6.45, 7) is 0.629. The molecule has 1 aliphatic heterocycles. The molecule has 110 valence electrons. The number of nitrogen functional groups attached to an aromatic ring is 1. The fourth-order valence-electron chi connectivity index (χ4n) is 2.55. The molecule has 1 aliphatic rings. The first-order chi connectivity index (χ1) is 9.34. The van der Waals surface area contributed by atoms with Gasteiger partial charge in [0, 0.05) is 17.8 Å². The second kappa shape index (κ2) is 5.32. The highest BCUT2D eigenvalue weighted by atomic mass is 19.4. The molecule has 0 aromatic heterocycles. The van der Waals surface area contributed by atoms with Gasteiger partial charge in [0.05, 0.1) is 18.2 Å². The Morgan fingerprint density at radius 3 is 2.70 bits per heavy atom. The molecule has 0 saturated carbocycles. The fraction of sp³-hybridized carbons (Fsp3) is 0.462. The zero-order chi connectivity index (χ0) is 14.9. The van der Waals surface area contributed by atoms with E-state index in [2.05, 4.69) is 0 Å². The standard InChI is InChI=1S/C13H16F3N3O/c14-13(15,16)11-4-3-8(6-10(11)12(17)18)19-5-1-2-9(19)7-20/h3-4,6,9,20H,1-2,5,7H2,(H3,17,18). The number of nitrogens with one attached hydrogen (secondary N) is 1. The van der Waals surface area contributed by atoms with Gasteiger partial charge in [0.15, 0.2) is 0 Å². The zero-order valence-electron chi connectivity index (χ0n) is 10.7. The van der Waals surface area contributed by atoms with Crippen LogP contribution in [-0.4, -0.2) is 30.1 Å². The maximum absolute atomic E-state index is 12.9. The number of aliphatic hydroxyl groups is 1. The molecule has 0 spiro atoms. The molecule has 1 aromatic carbocycles. The number of amidine groups is 1. The van der Waals surface area contributed by atoms with Crippen molar-refractivity contribution in [1.82, 2.24) is 0 Å². The summed E-state index contributed by atoms with van der Waals surface area (Å²) in [4.78, 5) is 1.85. The van der Waals surface area contributed by atoms with Gasteiger partial charge in [-0.3, -0.25) is 5.41 Å². The normalized spacial score (nSPS) is 19.4. The molecule has 1 unspecified atom stereocenters. The average molecular weight is 287 g/mol. The zero-order valence-corrected chi connectivity index (χ0v) is 10.7. The molecule has 1 fully saturated rings. The van der Waals surface area contributed by atoms with Gasteiger partial charge in [0.1, 0.15) is 5.84 Å². The van der Waals surface area contributed by atoms with Crippen LogP contribution in [0.5, 0.6) is 0 Å². The van der Waals surface area contributed by atoms with Crippen molar-refractivity contribution in [3.63, 3.8) is 0 Å². The van der Waals surface area contributed by atoms with E-state index >= 15 is 0 Å². The highest BCUT2D eigenvalue weighted by molar-refractivity contribution is 5.97. The van der Waals surface area contributed by atoms with Crippen molar-refractivity contribution in [3.05, 3.63) is 29.3 Å².